The lowest BCUT2D eigenvalue weighted by Gasteiger charge is -2.25. The van der Waals surface area contributed by atoms with Crippen LogP contribution in [0.4, 0.5) is 0 Å². The summed E-state index contributed by atoms with van der Waals surface area (Å²) >= 11 is 0. The van der Waals surface area contributed by atoms with Crippen molar-refractivity contribution in [1.29, 1.82) is 0 Å². The summed E-state index contributed by atoms with van der Waals surface area (Å²) in [7, 11) is 0. The third-order valence-electron chi connectivity index (χ3n) is 3.87. The van der Waals surface area contributed by atoms with E-state index in [1.165, 1.54) is 13.8 Å². The number of carboxylic acid groups (broad SMARTS) is 2. The van der Waals surface area contributed by atoms with E-state index in [1.54, 1.807) is 0 Å². The van der Waals surface area contributed by atoms with E-state index in [9.17, 15) is 29.1 Å². The van der Waals surface area contributed by atoms with E-state index in [2.05, 4.69) is 10.6 Å². The molecular weight excluding hydrogens is 388 g/mol. The van der Waals surface area contributed by atoms with E-state index in [1.807, 2.05) is 19.2 Å². The number of rotatable bonds is 12. The number of carboxylic acids is 2. The van der Waals surface area contributed by atoms with E-state index in [0.717, 1.165) is 0 Å². The van der Waals surface area contributed by atoms with Crippen LogP contribution in [0.5, 0.6) is 0 Å². The maximum atomic E-state index is 12.4. The van der Waals surface area contributed by atoms with E-state index >= 15 is 0 Å². The van der Waals surface area contributed by atoms with Crippen molar-refractivity contribution in [2.24, 2.45) is 11.7 Å². The zero-order chi connectivity index (χ0) is 22.9. The standard InChI is InChI=1S/C17H30N4O8/c1-7(2)5-10(18)15(26)21-13(9(4)22)16(27)19-8(3)14(25)20-11(17(28)29)6-12(23)24/h7-11,13,22H,5-6,18H2,1-4H3,(H,19,27)(H,20,25)(H,21,26)(H,23,24)(H,28,29). The van der Waals surface area contributed by atoms with Crippen molar-refractivity contribution in [2.75, 3.05) is 0 Å². The molecule has 29 heavy (non-hydrogen) atoms. The first-order chi connectivity index (χ1) is 13.3. The Morgan fingerprint density at radius 1 is 0.862 bits per heavy atom. The average molecular weight is 418 g/mol. The Hall–Kier alpha value is -2.73. The molecule has 12 nitrogen and oxygen atoms in total. The van der Waals surface area contributed by atoms with Gasteiger partial charge in [-0.3, -0.25) is 19.2 Å². The van der Waals surface area contributed by atoms with Crippen molar-refractivity contribution in [3.05, 3.63) is 0 Å². The predicted octanol–water partition coefficient (Wildman–Crippen LogP) is -2.23. The first-order valence-corrected chi connectivity index (χ1v) is 9.05. The normalized spacial score (nSPS) is 16.1. The third kappa shape index (κ3) is 9.85. The molecule has 0 rings (SSSR count). The fourth-order valence-corrected chi connectivity index (χ4v) is 2.32. The molecule has 0 aromatic heterocycles. The number of carbonyl (C=O) groups is 5. The smallest absolute Gasteiger partial charge is 0.326 e. The number of aliphatic hydroxyl groups excluding tert-OH is 1. The Labute approximate surface area is 168 Å². The highest BCUT2D eigenvalue weighted by molar-refractivity contribution is 5.94. The molecule has 5 atom stereocenters. The third-order valence-corrected chi connectivity index (χ3v) is 3.87. The molecular formula is C17H30N4O8. The van der Waals surface area contributed by atoms with Gasteiger partial charge in [0.25, 0.3) is 0 Å². The van der Waals surface area contributed by atoms with Gasteiger partial charge in [-0.2, -0.15) is 0 Å². The van der Waals surface area contributed by atoms with Gasteiger partial charge >= 0.3 is 11.9 Å². The van der Waals surface area contributed by atoms with Crippen LogP contribution in [0.1, 0.15) is 40.5 Å². The number of aliphatic carboxylic acids is 2. The molecule has 0 aliphatic carbocycles. The molecule has 5 unspecified atom stereocenters. The Balaban J connectivity index is 5.00. The summed E-state index contributed by atoms with van der Waals surface area (Å²) in [5, 5.41) is 34.0. The summed E-state index contributed by atoms with van der Waals surface area (Å²) in [6, 6.07) is -5.23. The summed E-state index contributed by atoms with van der Waals surface area (Å²) in [4.78, 5) is 58.2. The molecule has 0 aliphatic heterocycles. The van der Waals surface area contributed by atoms with Crippen LogP contribution >= 0.6 is 0 Å². The van der Waals surface area contributed by atoms with E-state index in [0.29, 0.717) is 6.42 Å². The molecule has 8 N–H and O–H groups in total. The molecule has 0 aromatic rings. The first kappa shape index (κ1) is 26.3. The summed E-state index contributed by atoms with van der Waals surface area (Å²) in [6.07, 6.45) is -1.79. The van der Waals surface area contributed by atoms with Crippen LogP contribution in [0.15, 0.2) is 0 Å². The molecule has 0 radical (unpaired) electrons. The van der Waals surface area contributed by atoms with Crippen molar-refractivity contribution in [3.63, 3.8) is 0 Å². The molecule has 166 valence electrons. The van der Waals surface area contributed by atoms with Crippen LogP contribution < -0.4 is 21.7 Å². The van der Waals surface area contributed by atoms with Crippen molar-refractivity contribution in [2.45, 2.75) is 70.8 Å². The van der Waals surface area contributed by atoms with Crippen LogP contribution in [0.25, 0.3) is 0 Å². The van der Waals surface area contributed by atoms with Gasteiger partial charge in [-0.15, -0.1) is 0 Å². The Bertz CT molecular complexity index is 623. The van der Waals surface area contributed by atoms with E-state index in [-0.39, 0.29) is 5.92 Å². The number of carbonyl (C=O) groups excluding carboxylic acids is 3. The SMILES string of the molecule is CC(C)CC(N)C(=O)NC(C(=O)NC(C)C(=O)NC(CC(=O)O)C(=O)O)C(C)O. The lowest BCUT2D eigenvalue weighted by atomic mass is 10.0. The maximum Gasteiger partial charge on any atom is 0.326 e. The molecule has 0 aromatic carbocycles. The zero-order valence-electron chi connectivity index (χ0n) is 16.8. The first-order valence-electron chi connectivity index (χ1n) is 9.05. The molecule has 0 heterocycles. The van der Waals surface area contributed by atoms with Crippen LogP contribution in [-0.2, 0) is 24.0 Å². The lowest BCUT2D eigenvalue weighted by Crippen LogP contribution is -2.59. The van der Waals surface area contributed by atoms with Crippen LogP contribution in [0, 0.1) is 5.92 Å². The molecule has 3 amide bonds. The molecule has 0 aliphatic rings. The second-order valence-corrected chi connectivity index (χ2v) is 7.19. The second-order valence-electron chi connectivity index (χ2n) is 7.19. The minimum Gasteiger partial charge on any atom is -0.481 e. The highest BCUT2D eigenvalue weighted by Gasteiger charge is 2.31. The van der Waals surface area contributed by atoms with Gasteiger partial charge < -0.3 is 37.0 Å². The van der Waals surface area contributed by atoms with Gasteiger partial charge in [-0.05, 0) is 26.2 Å². The average Bonchev–Trinajstić information content (AvgIpc) is 2.56. The molecule has 0 fully saturated rings. The van der Waals surface area contributed by atoms with Gasteiger partial charge in [0.2, 0.25) is 17.7 Å². The van der Waals surface area contributed by atoms with Gasteiger partial charge in [0, 0.05) is 0 Å². The fraction of sp³-hybridized carbons (Fsp3) is 0.706. The number of amides is 3. The number of hydrogen-bond donors (Lipinski definition) is 7. The van der Waals surface area contributed by atoms with Crippen molar-refractivity contribution in [3.8, 4) is 0 Å². The monoisotopic (exact) mass is 418 g/mol. The number of nitrogens with two attached hydrogens (primary N) is 1. The highest BCUT2D eigenvalue weighted by Crippen LogP contribution is 2.04. The fourth-order valence-electron chi connectivity index (χ4n) is 2.32. The Kier molecular flexibility index (Phi) is 10.8. The van der Waals surface area contributed by atoms with E-state index < -0.39 is 66.4 Å². The van der Waals surface area contributed by atoms with Crippen molar-refractivity contribution >= 4 is 29.7 Å². The minimum absolute atomic E-state index is 0.131. The summed E-state index contributed by atoms with van der Waals surface area (Å²) in [5.41, 5.74) is 5.75. The van der Waals surface area contributed by atoms with Gasteiger partial charge in [0.1, 0.15) is 18.1 Å². The summed E-state index contributed by atoms with van der Waals surface area (Å²) in [5.74, 6) is -5.33. The Morgan fingerprint density at radius 3 is 1.83 bits per heavy atom. The minimum atomic E-state index is -1.68. The highest BCUT2D eigenvalue weighted by atomic mass is 16.4. The predicted molar refractivity (Wildman–Crippen MR) is 100 cm³/mol. The molecule has 12 heteroatoms. The summed E-state index contributed by atoms with van der Waals surface area (Å²) in [6.45, 7) is 6.22. The van der Waals surface area contributed by atoms with Crippen LogP contribution in [0.2, 0.25) is 0 Å². The number of aliphatic hydroxyl groups is 1. The zero-order valence-corrected chi connectivity index (χ0v) is 16.8. The van der Waals surface area contributed by atoms with Crippen molar-refractivity contribution in [1.82, 2.24) is 16.0 Å². The maximum absolute atomic E-state index is 12.4. The molecule has 0 spiro atoms. The van der Waals surface area contributed by atoms with Gasteiger partial charge in [-0.1, -0.05) is 13.8 Å². The van der Waals surface area contributed by atoms with Gasteiger partial charge in [0.05, 0.1) is 18.6 Å². The van der Waals surface area contributed by atoms with Gasteiger partial charge in [0.15, 0.2) is 0 Å². The van der Waals surface area contributed by atoms with Gasteiger partial charge in [-0.25, -0.2) is 4.79 Å². The topological polar surface area (TPSA) is 208 Å². The molecule has 0 saturated carbocycles. The molecule has 0 bridgehead atoms. The molecule has 0 saturated heterocycles. The number of nitrogens with one attached hydrogen (secondary N) is 3. The van der Waals surface area contributed by atoms with Crippen molar-refractivity contribution < 1.29 is 39.3 Å². The second kappa shape index (κ2) is 12.0. The Morgan fingerprint density at radius 2 is 1.41 bits per heavy atom. The quantitative estimate of drug-likeness (QED) is 0.183. The van der Waals surface area contributed by atoms with Crippen LogP contribution in [0.3, 0.4) is 0 Å². The summed E-state index contributed by atoms with van der Waals surface area (Å²) < 4.78 is 0. The largest absolute Gasteiger partial charge is 0.481 e. The number of hydrogen-bond acceptors (Lipinski definition) is 7. The van der Waals surface area contributed by atoms with Crippen LogP contribution in [-0.4, -0.2) is 75.3 Å². The van der Waals surface area contributed by atoms with E-state index in [4.69, 9.17) is 15.9 Å². The lowest BCUT2D eigenvalue weighted by molar-refractivity contribution is -0.147.